The molecule has 1 aromatic carbocycles. The van der Waals surface area contributed by atoms with Crippen molar-refractivity contribution in [3.05, 3.63) is 51.8 Å². The molecule has 0 aliphatic carbocycles. The van der Waals surface area contributed by atoms with Gasteiger partial charge in [-0.15, -0.1) is 11.3 Å². The molecule has 0 unspecified atom stereocenters. The van der Waals surface area contributed by atoms with E-state index in [0.717, 1.165) is 21.7 Å². The van der Waals surface area contributed by atoms with Crippen LogP contribution >= 0.6 is 11.3 Å². The largest absolute Gasteiger partial charge is 0.484 e. The summed E-state index contributed by atoms with van der Waals surface area (Å²) >= 11 is 1.42. The maximum Gasteiger partial charge on any atom is 0.264 e. The van der Waals surface area contributed by atoms with Crippen molar-refractivity contribution in [2.45, 2.75) is 26.9 Å². The Morgan fingerprint density at radius 1 is 1.09 bits per heavy atom. The van der Waals surface area contributed by atoms with Crippen LogP contribution in [0.4, 0.5) is 11.6 Å². The summed E-state index contributed by atoms with van der Waals surface area (Å²) in [5.74, 6) is 1.07. The van der Waals surface area contributed by atoms with Crippen molar-refractivity contribution in [3.63, 3.8) is 0 Å². The first-order chi connectivity index (χ1) is 16.9. The molecule has 10 heteroatoms. The molecule has 1 N–H and O–H groups in total. The fourth-order valence-electron chi connectivity index (χ4n) is 4.27. The number of carbonyl (C=O) groups excluding carboxylic acids is 3. The van der Waals surface area contributed by atoms with Gasteiger partial charge in [0.2, 0.25) is 11.9 Å². The summed E-state index contributed by atoms with van der Waals surface area (Å²) in [5, 5.41) is 3.20. The summed E-state index contributed by atoms with van der Waals surface area (Å²) in [6, 6.07) is 9.46. The Labute approximate surface area is 206 Å². The third-order valence-corrected chi connectivity index (χ3v) is 7.13. The van der Waals surface area contributed by atoms with E-state index in [1.807, 2.05) is 30.3 Å². The van der Waals surface area contributed by atoms with Gasteiger partial charge in [0.1, 0.15) is 18.1 Å². The van der Waals surface area contributed by atoms with Gasteiger partial charge in [-0.2, -0.15) is 0 Å². The molecule has 3 aromatic rings. The molecule has 0 atom stereocenters. The molecule has 4 heterocycles. The van der Waals surface area contributed by atoms with E-state index >= 15 is 0 Å². The molecule has 5 rings (SSSR count). The number of Topliss-reactive ketones (excluding diaryl/α,β-unsaturated/α-hetero) is 1. The molecular weight excluding hydrogens is 466 g/mol. The number of amides is 2. The van der Waals surface area contributed by atoms with Crippen LogP contribution in [0.3, 0.4) is 0 Å². The van der Waals surface area contributed by atoms with Crippen molar-refractivity contribution in [1.29, 1.82) is 0 Å². The second-order valence-corrected chi connectivity index (χ2v) is 9.78. The average molecular weight is 492 g/mol. The third-order valence-electron chi connectivity index (χ3n) is 6.04. The second kappa shape index (κ2) is 9.46. The van der Waals surface area contributed by atoms with Gasteiger partial charge in [0.15, 0.2) is 5.75 Å². The molecule has 180 valence electrons. The van der Waals surface area contributed by atoms with Crippen molar-refractivity contribution < 1.29 is 19.1 Å². The minimum atomic E-state index is -0.0381. The maximum atomic E-state index is 13.1. The Hall–Kier alpha value is -3.79. The molecule has 2 aromatic heterocycles. The number of ether oxygens (including phenoxy) is 1. The van der Waals surface area contributed by atoms with E-state index in [4.69, 9.17) is 4.74 Å². The van der Waals surface area contributed by atoms with Gasteiger partial charge in [-0.3, -0.25) is 14.4 Å². The standard InChI is InChI=1S/C25H25N5O4S/c1-15(31)10-17-4-3-5-18(11-17)27-25-26-13-20-23(28-25)19-12-21(35-22(19)14-34-20)24(33)30-8-6-29(7-9-30)16(2)32/h3-5,11-13H,6-10,14H2,1-2H3,(H,26,27,28). The number of fused-ring (bicyclic) bond motifs is 3. The first-order valence-electron chi connectivity index (χ1n) is 11.4. The van der Waals surface area contributed by atoms with Gasteiger partial charge in [-0.25, -0.2) is 9.97 Å². The van der Waals surface area contributed by atoms with Gasteiger partial charge < -0.3 is 19.9 Å². The van der Waals surface area contributed by atoms with E-state index in [-0.39, 0.29) is 17.6 Å². The van der Waals surface area contributed by atoms with E-state index in [0.29, 0.717) is 61.5 Å². The van der Waals surface area contributed by atoms with Gasteiger partial charge in [-0.05, 0) is 30.7 Å². The van der Waals surface area contributed by atoms with Crippen molar-refractivity contribution in [2.75, 3.05) is 31.5 Å². The van der Waals surface area contributed by atoms with Crippen LogP contribution in [-0.4, -0.2) is 63.5 Å². The van der Waals surface area contributed by atoms with E-state index in [1.165, 1.54) is 11.3 Å². The number of hydrogen-bond donors (Lipinski definition) is 1. The normalized spacial score (nSPS) is 14.6. The van der Waals surface area contributed by atoms with E-state index in [2.05, 4.69) is 15.3 Å². The van der Waals surface area contributed by atoms with Crippen LogP contribution in [0.25, 0.3) is 11.3 Å². The number of aromatic nitrogens is 2. The van der Waals surface area contributed by atoms with Crippen LogP contribution in [-0.2, 0) is 22.6 Å². The summed E-state index contributed by atoms with van der Waals surface area (Å²) in [6.45, 7) is 5.62. The van der Waals surface area contributed by atoms with Crippen LogP contribution in [0, 0.1) is 0 Å². The second-order valence-electron chi connectivity index (χ2n) is 8.65. The number of nitrogens with zero attached hydrogens (tertiary/aromatic N) is 4. The summed E-state index contributed by atoms with van der Waals surface area (Å²) in [5.41, 5.74) is 3.21. The minimum Gasteiger partial charge on any atom is -0.484 e. The molecule has 9 nitrogen and oxygen atoms in total. The molecule has 2 aliphatic rings. The predicted molar refractivity (Wildman–Crippen MR) is 132 cm³/mol. The summed E-state index contributed by atoms with van der Waals surface area (Å²) < 4.78 is 5.85. The Kier molecular flexibility index (Phi) is 6.21. The lowest BCUT2D eigenvalue weighted by Crippen LogP contribution is -2.49. The molecule has 0 radical (unpaired) electrons. The highest BCUT2D eigenvalue weighted by atomic mass is 32.1. The molecule has 1 fully saturated rings. The quantitative estimate of drug-likeness (QED) is 0.584. The minimum absolute atomic E-state index is 0.0344. The van der Waals surface area contributed by atoms with Gasteiger partial charge in [0.05, 0.1) is 16.0 Å². The van der Waals surface area contributed by atoms with Crippen LogP contribution in [0.2, 0.25) is 0 Å². The number of carbonyl (C=O) groups is 3. The van der Waals surface area contributed by atoms with Gasteiger partial charge in [0, 0.05) is 50.8 Å². The summed E-state index contributed by atoms with van der Waals surface area (Å²) in [4.78, 5) is 50.3. The number of ketones is 1. The average Bonchev–Trinajstić information content (AvgIpc) is 3.28. The molecule has 0 spiro atoms. The van der Waals surface area contributed by atoms with Crippen molar-refractivity contribution >= 4 is 40.6 Å². The van der Waals surface area contributed by atoms with E-state index in [1.54, 1.807) is 29.8 Å². The highest BCUT2D eigenvalue weighted by Gasteiger charge is 2.28. The molecule has 35 heavy (non-hydrogen) atoms. The van der Waals surface area contributed by atoms with Crippen LogP contribution < -0.4 is 10.1 Å². The number of anilines is 2. The predicted octanol–water partition coefficient (Wildman–Crippen LogP) is 3.28. The molecule has 2 aliphatic heterocycles. The lowest BCUT2D eigenvalue weighted by molar-refractivity contribution is -0.130. The number of hydrogen-bond acceptors (Lipinski definition) is 8. The van der Waals surface area contributed by atoms with Gasteiger partial charge in [0.25, 0.3) is 5.91 Å². The molecular formula is C25H25N5O4S. The lowest BCUT2D eigenvalue weighted by Gasteiger charge is -2.33. The lowest BCUT2D eigenvalue weighted by atomic mass is 10.1. The molecule has 2 amide bonds. The molecule has 0 saturated carbocycles. The Morgan fingerprint density at radius 2 is 1.86 bits per heavy atom. The zero-order valence-corrected chi connectivity index (χ0v) is 20.4. The van der Waals surface area contributed by atoms with Crippen molar-refractivity contribution in [3.8, 4) is 17.0 Å². The van der Waals surface area contributed by atoms with E-state index < -0.39 is 0 Å². The number of nitrogens with one attached hydrogen (secondary N) is 1. The monoisotopic (exact) mass is 491 g/mol. The fourth-order valence-corrected chi connectivity index (χ4v) is 5.31. The first-order valence-corrected chi connectivity index (χ1v) is 12.2. The Balaban J connectivity index is 1.36. The SMILES string of the molecule is CC(=O)Cc1cccc(Nc2ncc3c(n2)-c2cc(C(=O)N4CCN(C(C)=O)CC4)sc2CO3)c1. The smallest absolute Gasteiger partial charge is 0.264 e. The van der Waals surface area contributed by atoms with Crippen LogP contribution in [0.15, 0.2) is 36.5 Å². The van der Waals surface area contributed by atoms with Crippen molar-refractivity contribution in [1.82, 2.24) is 19.8 Å². The van der Waals surface area contributed by atoms with Gasteiger partial charge >= 0.3 is 0 Å². The first kappa shape index (κ1) is 23.0. The maximum absolute atomic E-state index is 13.1. The summed E-state index contributed by atoms with van der Waals surface area (Å²) in [7, 11) is 0. The Morgan fingerprint density at radius 3 is 2.60 bits per heavy atom. The third kappa shape index (κ3) is 4.88. The number of benzene rings is 1. The van der Waals surface area contributed by atoms with Crippen molar-refractivity contribution in [2.24, 2.45) is 0 Å². The highest BCUT2D eigenvalue weighted by Crippen LogP contribution is 2.41. The topological polar surface area (TPSA) is 105 Å². The fraction of sp³-hybridized carbons (Fsp3) is 0.320. The Bertz CT molecular complexity index is 1310. The number of rotatable bonds is 5. The van der Waals surface area contributed by atoms with Crippen LogP contribution in [0.1, 0.15) is 34.0 Å². The molecule has 0 bridgehead atoms. The zero-order valence-electron chi connectivity index (χ0n) is 19.5. The highest BCUT2D eigenvalue weighted by molar-refractivity contribution is 7.14. The van der Waals surface area contributed by atoms with E-state index in [9.17, 15) is 14.4 Å². The zero-order chi connectivity index (χ0) is 24.5. The van der Waals surface area contributed by atoms with Gasteiger partial charge in [-0.1, -0.05) is 12.1 Å². The molecule has 1 saturated heterocycles. The number of thiophene rings is 1. The van der Waals surface area contributed by atoms with Crippen LogP contribution in [0.5, 0.6) is 5.75 Å². The summed E-state index contributed by atoms with van der Waals surface area (Å²) in [6.07, 6.45) is 2.00. The number of piperazine rings is 1.